The lowest BCUT2D eigenvalue weighted by Gasteiger charge is -2.15. The number of hydrogen-bond acceptors (Lipinski definition) is 3. The number of benzene rings is 1. The van der Waals surface area contributed by atoms with Crippen molar-refractivity contribution in [1.29, 1.82) is 0 Å². The summed E-state index contributed by atoms with van der Waals surface area (Å²) in [5, 5.41) is 0. The van der Waals surface area contributed by atoms with Gasteiger partial charge in [-0.05, 0) is 23.6 Å². The van der Waals surface area contributed by atoms with Gasteiger partial charge >= 0.3 is 0 Å². The van der Waals surface area contributed by atoms with Crippen LogP contribution in [0.1, 0.15) is 25.3 Å². The smallest absolute Gasteiger partial charge is 0.273 e. The minimum Gasteiger partial charge on any atom is -0.325 e. The van der Waals surface area contributed by atoms with E-state index in [1.54, 1.807) is 12.1 Å². The van der Waals surface area contributed by atoms with E-state index in [1.807, 2.05) is 18.6 Å². The van der Waals surface area contributed by atoms with Crippen molar-refractivity contribution in [1.82, 2.24) is 4.72 Å². The largest absolute Gasteiger partial charge is 0.325 e. The average molecular weight is 292 g/mol. The first-order valence-electron chi connectivity index (χ1n) is 5.85. The molecule has 0 amide bonds. The molecule has 0 fully saturated rings. The van der Waals surface area contributed by atoms with Crippen molar-refractivity contribution in [2.75, 3.05) is 13.1 Å². The highest BCUT2D eigenvalue weighted by atomic mass is 32.2. The van der Waals surface area contributed by atoms with Gasteiger partial charge in [-0.1, -0.05) is 26.0 Å². The standard InChI is InChI=1S/C12H18F2N2O2S/c1-9(2)10-4-3-5-11(6-10)19(17,18)16-8-12(13,14)7-15/h3-6,9,16H,7-8,15H2,1-2H3. The van der Waals surface area contributed by atoms with Crippen LogP contribution in [0.25, 0.3) is 0 Å². The summed E-state index contributed by atoms with van der Waals surface area (Å²) in [4.78, 5) is -0.0217. The molecule has 1 aromatic carbocycles. The number of halogens is 2. The summed E-state index contributed by atoms with van der Waals surface area (Å²) in [6.07, 6.45) is 0. The van der Waals surface area contributed by atoms with Crippen LogP contribution in [0.5, 0.6) is 0 Å². The Labute approximate surface area is 112 Å². The van der Waals surface area contributed by atoms with Gasteiger partial charge in [0.15, 0.2) is 0 Å². The molecule has 0 aromatic heterocycles. The van der Waals surface area contributed by atoms with Crippen LogP contribution in [0.2, 0.25) is 0 Å². The Bertz CT molecular complexity index is 530. The molecular weight excluding hydrogens is 274 g/mol. The van der Waals surface area contributed by atoms with Crippen molar-refractivity contribution >= 4 is 10.0 Å². The van der Waals surface area contributed by atoms with E-state index in [0.29, 0.717) is 0 Å². The topological polar surface area (TPSA) is 72.2 Å². The fourth-order valence-electron chi connectivity index (χ4n) is 1.40. The summed E-state index contributed by atoms with van der Waals surface area (Å²) in [6.45, 7) is 1.93. The monoisotopic (exact) mass is 292 g/mol. The molecule has 1 aromatic rings. The van der Waals surface area contributed by atoms with Crippen molar-refractivity contribution < 1.29 is 17.2 Å². The number of nitrogens with two attached hydrogens (primary N) is 1. The van der Waals surface area contributed by atoms with Gasteiger partial charge in [-0.3, -0.25) is 0 Å². The number of rotatable bonds is 6. The molecule has 0 aliphatic heterocycles. The number of nitrogens with one attached hydrogen (secondary N) is 1. The molecule has 0 heterocycles. The summed E-state index contributed by atoms with van der Waals surface area (Å²) in [5.41, 5.74) is 5.68. The Hall–Kier alpha value is -1.05. The van der Waals surface area contributed by atoms with Gasteiger partial charge in [0, 0.05) is 0 Å². The predicted octanol–water partition coefficient (Wildman–Crippen LogP) is 1.68. The van der Waals surface area contributed by atoms with Crippen LogP contribution < -0.4 is 10.5 Å². The van der Waals surface area contributed by atoms with Crippen molar-refractivity contribution in [3.8, 4) is 0 Å². The van der Waals surface area contributed by atoms with E-state index in [-0.39, 0.29) is 10.8 Å². The molecule has 0 saturated carbocycles. The van der Waals surface area contributed by atoms with Crippen molar-refractivity contribution in [3.63, 3.8) is 0 Å². The molecule has 0 atom stereocenters. The molecule has 0 saturated heterocycles. The van der Waals surface area contributed by atoms with Crippen LogP contribution in [-0.4, -0.2) is 27.4 Å². The number of alkyl halides is 2. The molecule has 7 heteroatoms. The van der Waals surface area contributed by atoms with Crippen molar-refractivity contribution in [2.24, 2.45) is 5.73 Å². The second-order valence-electron chi connectivity index (χ2n) is 4.61. The Kier molecular flexibility index (Phi) is 5.00. The highest BCUT2D eigenvalue weighted by Gasteiger charge is 2.29. The highest BCUT2D eigenvalue weighted by molar-refractivity contribution is 7.89. The first-order valence-corrected chi connectivity index (χ1v) is 7.34. The summed E-state index contributed by atoms with van der Waals surface area (Å²) in [5.74, 6) is -3.09. The van der Waals surface area contributed by atoms with Gasteiger partial charge in [-0.2, -0.15) is 0 Å². The summed E-state index contributed by atoms with van der Waals surface area (Å²) in [7, 11) is -3.95. The van der Waals surface area contributed by atoms with Gasteiger partial charge in [0.25, 0.3) is 5.92 Å². The second kappa shape index (κ2) is 5.94. The molecule has 1 rings (SSSR count). The fourth-order valence-corrected chi connectivity index (χ4v) is 2.51. The zero-order chi connectivity index (χ0) is 14.7. The van der Waals surface area contributed by atoms with Gasteiger partial charge in [0.1, 0.15) is 0 Å². The number of hydrogen-bond donors (Lipinski definition) is 2. The molecule has 108 valence electrons. The van der Waals surface area contributed by atoms with Crippen molar-refractivity contribution in [3.05, 3.63) is 29.8 Å². The Balaban J connectivity index is 2.92. The predicted molar refractivity (Wildman–Crippen MR) is 69.7 cm³/mol. The Morgan fingerprint density at radius 1 is 1.37 bits per heavy atom. The van der Waals surface area contributed by atoms with Crippen LogP contribution >= 0.6 is 0 Å². The van der Waals surface area contributed by atoms with Gasteiger partial charge in [0.2, 0.25) is 10.0 Å². The van der Waals surface area contributed by atoms with Crippen molar-refractivity contribution in [2.45, 2.75) is 30.6 Å². The number of sulfonamides is 1. The zero-order valence-electron chi connectivity index (χ0n) is 10.9. The summed E-state index contributed by atoms with van der Waals surface area (Å²) in [6, 6.07) is 6.23. The van der Waals surface area contributed by atoms with Crippen LogP contribution in [0.3, 0.4) is 0 Å². The summed E-state index contributed by atoms with van der Waals surface area (Å²) < 4.78 is 51.6. The molecular formula is C12H18F2N2O2S. The van der Waals surface area contributed by atoms with E-state index >= 15 is 0 Å². The van der Waals surface area contributed by atoms with E-state index < -0.39 is 29.0 Å². The summed E-state index contributed by atoms with van der Waals surface area (Å²) >= 11 is 0. The molecule has 0 aliphatic carbocycles. The van der Waals surface area contributed by atoms with E-state index in [9.17, 15) is 17.2 Å². The third-order valence-electron chi connectivity index (χ3n) is 2.65. The molecule has 19 heavy (non-hydrogen) atoms. The SMILES string of the molecule is CC(C)c1cccc(S(=O)(=O)NCC(F)(F)CN)c1. The molecule has 0 bridgehead atoms. The maximum atomic E-state index is 13.0. The van der Waals surface area contributed by atoms with Crippen LogP contribution in [0, 0.1) is 0 Å². The van der Waals surface area contributed by atoms with E-state index in [4.69, 9.17) is 5.73 Å². The first kappa shape index (κ1) is 16.0. The molecule has 0 radical (unpaired) electrons. The van der Waals surface area contributed by atoms with Gasteiger partial charge in [0.05, 0.1) is 18.0 Å². The van der Waals surface area contributed by atoms with E-state index in [1.165, 1.54) is 12.1 Å². The molecule has 0 aliphatic rings. The molecule has 3 N–H and O–H groups in total. The first-order chi connectivity index (χ1) is 8.68. The Morgan fingerprint density at radius 3 is 2.53 bits per heavy atom. The lowest BCUT2D eigenvalue weighted by molar-refractivity contribution is 0.0170. The molecule has 4 nitrogen and oxygen atoms in total. The lowest BCUT2D eigenvalue weighted by Crippen LogP contribution is -2.41. The third kappa shape index (κ3) is 4.52. The third-order valence-corrected chi connectivity index (χ3v) is 4.05. The quantitative estimate of drug-likeness (QED) is 0.838. The normalized spacial score (nSPS) is 12.9. The van der Waals surface area contributed by atoms with Gasteiger partial charge in [-0.25, -0.2) is 21.9 Å². The van der Waals surface area contributed by atoms with Gasteiger partial charge < -0.3 is 5.73 Å². The zero-order valence-corrected chi connectivity index (χ0v) is 11.7. The average Bonchev–Trinajstić information content (AvgIpc) is 2.37. The second-order valence-corrected chi connectivity index (χ2v) is 6.38. The van der Waals surface area contributed by atoms with Crippen LogP contribution in [0.4, 0.5) is 8.78 Å². The minimum atomic E-state index is -3.95. The van der Waals surface area contributed by atoms with Crippen LogP contribution in [0.15, 0.2) is 29.2 Å². The minimum absolute atomic E-state index is 0.0217. The maximum absolute atomic E-state index is 13.0. The van der Waals surface area contributed by atoms with E-state index in [2.05, 4.69) is 0 Å². The van der Waals surface area contributed by atoms with Crippen LogP contribution in [-0.2, 0) is 10.0 Å². The molecule has 0 spiro atoms. The van der Waals surface area contributed by atoms with Gasteiger partial charge in [-0.15, -0.1) is 0 Å². The molecule has 0 unspecified atom stereocenters. The fraction of sp³-hybridized carbons (Fsp3) is 0.500. The lowest BCUT2D eigenvalue weighted by atomic mass is 10.0. The van der Waals surface area contributed by atoms with E-state index in [0.717, 1.165) is 5.56 Å². The maximum Gasteiger partial charge on any atom is 0.273 e. The Morgan fingerprint density at radius 2 is 2.00 bits per heavy atom. The highest BCUT2D eigenvalue weighted by Crippen LogP contribution is 2.19.